The first-order valence-electron chi connectivity index (χ1n) is 8.26. The second kappa shape index (κ2) is 7.94. The number of carbonyl (C=O) groups is 2. The van der Waals surface area contributed by atoms with Gasteiger partial charge in [0.15, 0.2) is 5.54 Å². The standard InChI is InChI=1S/C20H24N2O3/c1-4-20(21,19(24)25-13-16-11-6-5-7-12-16)18(23)22-17-14(2)9-8-10-15(17)3/h5-12H,4,13,21H2,1-3H3,(H,22,23). The maximum atomic E-state index is 12.7. The van der Waals surface area contributed by atoms with Crippen LogP contribution in [0.3, 0.4) is 0 Å². The summed E-state index contributed by atoms with van der Waals surface area (Å²) in [4.78, 5) is 25.1. The number of anilines is 1. The van der Waals surface area contributed by atoms with E-state index in [1.807, 2.05) is 62.4 Å². The van der Waals surface area contributed by atoms with Crippen molar-refractivity contribution in [3.05, 3.63) is 65.2 Å². The minimum absolute atomic E-state index is 0.0787. The van der Waals surface area contributed by atoms with Gasteiger partial charge in [-0.3, -0.25) is 4.79 Å². The summed E-state index contributed by atoms with van der Waals surface area (Å²) in [7, 11) is 0. The zero-order valence-electron chi connectivity index (χ0n) is 14.8. The molecule has 0 aliphatic carbocycles. The van der Waals surface area contributed by atoms with Gasteiger partial charge in [-0.2, -0.15) is 0 Å². The van der Waals surface area contributed by atoms with Gasteiger partial charge in [0.2, 0.25) is 0 Å². The molecular weight excluding hydrogens is 316 g/mol. The Kier molecular flexibility index (Phi) is 5.93. The van der Waals surface area contributed by atoms with Crippen LogP contribution in [-0.4, -0.2) is 17.4 Å². The average molecular weight is 340 g/mol. The van der Waals surface area contributed by atoms with Crippen molar-refractivity contribution in [2.45, 2.75) is 39.3 Å². The second-order valence-electron chi connectivity index (χ2n) is 6.11. The largest absolute Gasteiger partial charge is 0.459 e. The monoisotopic (exact) mass is 340 g/mol. The smallest absolute Gasteiger partial charge is 0.336 e. The molecule has 132 valence electrons. The Hall–Kier alpha value is -2.66. The highest BCUT2D eigenvalue weighted by Crippen LogP contribution is 2.22. The minimum atomic E-state index is -1.73. The van der Waals surface area contributed by atoms with E-state index in [1.165, 1.54) is 0 Å². The molecule has 0 aliphatic rings. The zero-order valence-corrected chi connectivity index (χ0v) is 14.8. The molecule has 0 saturated heterocycles. The van der Waals surface area contributed by atoms with E-state index in [9.17, 15) is 9.59 Å². The Balaban J connectivity index is 2.12. The van der Waals surface area contributed by atoms with Crippen LogP contribution >= 0.6 is 0 Å². The molecule has 3 N–H and O–H groups in total. The third kappa shape index (κ3) is 4.25. The van der Waals surface area contributed by atoms with Gasteiger partial charge in [-0.25, -0.2) is 4.79 Å². The van der Waals surface area contributed by atoms with Crippen LogP contribution < -0.4 is 11.1 Å². The van der Waals surface area contributed by atoms with Gasteiger partial charge in [-0.15, -0.1) is 0 Å². The Morgan fingerprint density at radius 2 is 1.64 bits per heavy atom. The number of rotatable bonds is 6. The number of aryl methyl sites for hydroxylation is 2. The van der Waals surface area contributed by atoms with Gasteiger partial charge in [0.1, 0.15) is 6.61 Å². The van der Waals surface area contributed by atoms with Crippen LogP contribution in [0, 0.1) is 13.8 Å². The van der Waals surface area contributed by atoms with Crippen molar-refractivity contribution in [2.24, 2.45) is 5.73 Å². The lowest BCUT2D eigenvalue weighted by atomic mass is 9.95. The molecule has 1 atom stereocenters. The molecule has 25 heavy (non-hydrogen) atoms. The van der Waals surface area contributed by atoms with Crippen molar-refractivity contribution < 1.29 is 14.3 Å². The molecule has 5 heteroatoms. The Bertz CT molecular complexity index is 739. The predicted octanol–water partition coefficient (Wildman–Crippen LogP) is 3.09. The van der Waals surface area contributed by atoms with E-state index in [0.29, 0.717) is 5.69 Å². The fourth-order valence-corrected chi connectivity index (χ4v) is 2.49. The number of benzene rings is 2. The topological polar surface area (TPSA) is 81.4 Å². The van der Waals surface area contributed by atoms with Gasteiger partial charge in [0.05, 0.1) is 0 Å². The van der Waals surface area contributed by atoms with Crippen molar-refractivity contribution in [3.8, 4) is 0 Å². The molecule has 0 aliphatic heterocycles. The van der Waals surface area contributed by atoms with E-state index in [4.69, 9.17) is 10.5 Å². The molecule has 0 heterocycles. The number of esters is 1. The molecule has 2 aromatic carbocycles. The fourth-order valence-electron chi connectivity index (χ4n) is 2.49. The molecule has 5 nitrogen and oxygen atoms in total. The van der Waals surface area contributed by atoms with E-state index in [0.717, 1.165) is 16.7 Å². The van der Waals surface area contributed by atoms with Crippen LogP contribution in [0.1, 0.15) is 30.0 Å². The molecule has 1 amide bonds. The second-order valence-corrected chi connectivity index (χ2v) is 6.11. The van der Waals surface area contributed by atoms with Crippen molar-refractivity contribution >= 4 is 17.6 Å². The van der Waals surface area contributed by atoms with Crippen LogP contribution in [0.25, 0.3) is 0 Å². The molecule has 2 rings (SSSR count). The van der Waals surface area contributed by atoms with Crippen LogP contribution in [-0.2, 0) is 20.9 Å². The summed E-state index contributed by atoms with van der Waals surface area (Å²) >= 11 is 0. The number of hydrogen-bond donors (Lipinski definition) is 2. The maximum absolute atomic E-state index is 12.7. The summed E-state index contributed by atoms with van der Waals surface area (Å²) in [6.45, 7) is 5.55. The van der Waals surface area contributed by atoms with E-state index in [1.54, 1.807) is 6.92 Å². The van der Waals surface area contributed by atoms with Gasteiger partial charge >= 0.3 is 5.97 Å². The number of hydrogen-bond acceptors (Lipinski definition) is 4. The summed E-state index contributed by atoms with van der Waals surface area (Å²) in [5, 5.41) is 2.78. The summed E-state index contributed by atoms with van der Waals surface area (Å²) in [5.41, 5.74) is 7.70. The number of carbonyl (C=O) groups excluding carboxylic acids is 2. The molecule has 1 unspecified atom stereocenters. The highest BCUT2D eigenvalue weighted by molar-refractivity contribution is 6.13. The normalized spacial score (nSPS) is 13.0. The van der Waals surface area contributed by atoms with Crippen LogP contribution in [0.4, 0.5) is 5.69 Å². The number of nitrogens with two attached hydrogens (primary N) is 1. The van der Waals surface area contributed by atoms with Crippen LogP contribution in [0.15, 0.2) is 48.5 Å². The number of para-hydroxylation sites is 1. The Morgan fingerprint density at radius 3 is 2.20 bits per heavy atom. The third-order valence-electron chi connectivity index (χ3n) is 4.26. The van der Waals surface area contributed by atoms with Gasteiger partial charge in [-0.05, 0) is 37.0 Å². The number of nitrogens with one attached hydrogen (secondary N) is 1. The van der Waals surface area contributed by atoms with Crippen molar-refractivity contribution in [1.82, 2.24) is 0 Å². The molecule has 0 spiro atoms. The SMILES string of the molecule is CCC(N)(C(=O)Nc1c(C)cccc1C)C(=O)OCc1ccccc1. The summed E-state index contributed by atoms with van der Waals surface area (Å²) in [5.74, 6) is -1.30. The first kappa shape index (κ1) is 18.7. The lowest BCUT2D eigenvalue weighted by molar-refractivity contribution is -0.154. The van der Waals surface area contributed by atoms with E-state index in [2.05, 4.69) is 5.32 Å². The quantitative estimate of drug-likeness (QED) is 0.625. The fraction of sp³-hybridized carbons (Fsp3) is 0.300. The average Bonchev–Trinajstić information content (AvgIpc) is 2.62. The summed E-state index contributed by atoms with van der Waals surface area (Å²) < 4.78 is 5.28. The molecule has 0 bridgehead atoms. The molecule has 0 aromatic heterocycles. The van der Waals surface area contributed by atoms with Gasteiger partial charge < -0.3 is 15.8 Å². The highest BCUT2D eigenvalue weighted by atomic mass is 16.5. The number of amides is 1. The third-order valence-corrected chi connectivity index (χ3v) is 4.26. The van der Waals surface area contributed by atoms with E-state index < -0.39 is 17.4 Å². The first-order valence-corrected chi connectivity index (χ1v) is 8.26. The molecule has 0 fully saturated rings. The maximum Gasteiger partial charge on any atom is 0.336 e. The van der Waals surface area contributed by atoms with Crippen molar-refractivity contribution in [1.29, 1.82) is 0 Å². The number of ether oxygens (including phenoxy) is 1. The van der Waals surface area contributed by atoms with E-state index >= 15 is 0 Å². The summed E-state index contributed by atoms with van der Waals surface area (Å²) in [6, 6.07) is 15.0. The molecule has 0 saturated carbocycles. The van der Waals surface area contributed by atoms with Crippen molar-refractivity contribution in [3.63, 3.8) is 0 Å². The van der Waals surface area contributed by atoms with Gasteiger partial charge in [-0.1, -0.05) is 55.5 Å². The first-order chi connectivity index (χ1) is 11.9. The lowest BCUT2D eigenvalue weighted by Gasteiger charge is -2.25. The van der Waals surface area contributed by atoms with E-state index in [-0.39, 0.29) is 13.0 Å². The Morgan fingerprint density at radius 1 is 1.04 bits per heavy atom. The molecular formula is C20H24N2O3. The van der Waals surface area contributed by atoms with Crippen LogP contribution in [0.2, 0.25) is 0 Å². The van der Waals surface area contributed by atoms with Gasteiger partial charge in [0, 0.05) is 5.69 Å². The van der Waals surface area contributed by atoms with Gasteiger partial charge in [0.25, 0.3) is 5.91 Å². The molecule has 2 aromatic rings. The van der Waals surface area contributed by atoms with Crippen molar-refractivity contribution in [2.75, 3.05) is 5.32 Å². The predicted molar refractivity (Wildman–Crippen MR) is 98.0 cm³/mol. The molecule has 0 radical (unpaired) electrons. The lowest BCUT2D eigenvalue weighted by Crippen LogP contribution is -2.57. The van der Waals surface area contributed by atoms with Crippen LogP contribution in [0.5, 0.6) is 0 Å². The zero-order chi connectivity index (χ0) is 18.4. The Labute approximate surface area is 148 Å². The highest BCUT2D eigenvalue weighted by Gasteiger charge is 2.42. The summed E-state index contributed by atoms with van der Waals surface area (Å²) in [6.07, 6.45) is 0.136. The minimum Gasteiger partial charge on any atom is -0.459 e.